The van der Waals surface area contributed by atoms with Gasteiger partial charge in [-0.3, -0.25) is 4.68 Å². The zero-order valence-electron chi connectivity index (χ0n) is 9.09. The van der Waals surface area contributed by atoms with Crippen molar-refractivity contribution < 1.29 is 0 Å². The third kappa shape index (κ3) is 2.47. The molecule has 0 aliphatic rings. The highest BCUT2D eigenvalue weighted by molar-refractivity contribution is 5.61. The van der Waals surface area contributed by atoms with Crippen LogP contribution in [0.2, 0.25) is 0 Å². The van der Waals surface area contributed by atoms with E-state index in [1.165, 1.54) is 0 Å². The van der Waals surface area contributed by atoms with Gasteiger partial charge in [-0.25, -0.2) is 4.98 Å². The van der Waals surface area contributed by atoms with Crippen molar-refractivity contribution in [3.8, 4) is 0 Å². The van der Waals surface area contributed by atoms with Crippen molar-refractivity contribution in [1.29, 1.82) is 0 Å². The minimum absolute atomic E-state index is 0.657. The van der Waals surface area contributed by atoms with Crippen LogP contribution in [0.1, 0.15) is 5.69 Å². The summed E-state index contributed by atoms with van der Waals surface area (Å²) in [6.07, 6.45) is 3.47. The molecule has 0 atom stereocenters. The average molecular weight is 218 g/mol. The Kier molecular flexibility index (Phi) is 3.00. The molecule has 2 aromatic rings. The molecule has 0 radical (unpaired) electrons. The van der Waals surface area contributed by atoms with Crippen molar-refractivity contribution in [2.24, 2.45) is 0 Å². The number of anilines is 2. The first-order valence-corrected chi connectivity index (χ1v) is 5.07. The minimum Gasteiger partial charge on any atom is -0.396 e. The number of nitrogens with zero attached hydrogens (tertiary/aromatic N) is 4. The van der Waals surface area contributed by atoms with Crippen LogP contribution in [0.4, 0.5) is 11.5 Å². The van der Waals surface area contributed by atoms with E-state index in [9.17, 15) is 0 Å². The number of hydrogen-bond acceptors (Lipinski definition) is 5. The van der Waals surface area contributed by atoms with Crippen molar-refractivity contribution >= 4 is 11.5 Å². The van der Waals surface area contributed by atoms with Crippen molar-refractivity contribution in [1.82, 2.24) is 20.0 Å². The normalized spacial score (nSPS) is 10.3. The molecule has 0 aromatic carbocycles. The van der Waals surface area contributed by atoms with Gasteiger partial charge in [0.1, 0.15) is 5.82 Å². The van der Waals surface area contributed by atoms with E-state index in [4.69, 9.17) is 5.73 Å². The monoisotopic (exact) mass is 218 g/mol. The van der Waals surface area contributed by atoms with Gasteiger partial charge in [-0.2, -0.15) is 0 Å². The van der Waals surface area contributed by atoms with E-state index in [1.807, 2.05) is 25.3 Å². The molecule has 6 heteroatoms. The number of pyridine rings is 1. The summed E-state index contributed by atoms with van der Waals surface area (Å²) in [6, 6.07) is 3.73. The van der Waals surface area contributed by atoms with Gasteiger partial charge in [0.05, 0.1) is 18.4 Å². The molecule has 0 saturated carbocycles. The van der Waals surface area contributed by atoms with Gasteiger partial charge in [0.15, 0.2) is 0 Å². The van der Waals surface area contributed by atoms with Crippen LogP contribution in [-0.2, 0) is 6.54 Å². The van der Waals surface area contributed by atoms with Crippen LogP contribution in [-0.4, -0.2) is 26.5 Å². The van der Waals surface area contributed by atoms with Gasteiger partial charge in [-0.05, 0) is 19.1 Å². The second-order valence-electron chi connectivity index (χ2n) is 3.48. The molecule has 2 rings (SSSR count). The molecule has 0 bridgehead atoms. The second kappa shape index (κ2) is 4.61. The molecule has 0 spiro atoms. The number of nitrogen functional groups attached to an aromatic ring is 1. The summed E-state index contributed by atoms with van der Waals surface area (Å²) in [5, 5.41) is 10.8. The molecular weight excluding hydrogens is 204 g/mol. The summed E-state index contributed by atoms with van der Waals surface area (Å²) in [5.41, 5.74) is 7.39. The van der Waals surface area contributed by atoms with E-state index in [1.54, 1.807) is 10.9 Å². The summed E-state index contributed by atoms with van der Waals surface area (Å²) in [4.78, 5) is 4.31. The Morgan fingerprint density at radius 2 is 2.31 bits per heavy atom. The fraction of sp³-hybridized carbons (Fsp3) is 0.300. The first-order chi connectivity index (χ1) is 7.75. The highest BCUT2D eigenvalue weighted by Crippen LogP contribution is 2.14. The van der Waals surface area contributed by atoms with Crippen molar-refractivity contribution in [3.05, 3.63) is 30.2 Å². The van der Waals surface area contributed by atoms with Gasteiger partial charge in [0, 0.05) is 18.4 Å². The van der Waals surface area contributed by atoms with Crippen LogP contribution < -0.4 is 11.1 Å². The molecule has 84 valence electrons. The third-order valence-electron chi connectivity index (χ3n) is 2.17. The largest absolute Gasteiger partial charge is 0.396 e. The van der Waals surface area contributed by atoms with Crippen LogP contribution in [0.25, 0.3) is 0 Å². The molecule has 3 N–H and O–H groups in total. The van der Waals surface area contributed by atoms with E-state index < -0.39 is 0 Å². The van der Waals surface area contributed by atoms with E-state index in [-0.39, 0.29) is 0 Å². The zero-order chi connectivity index (χ0) is 11.4. The average Bonchev–Trinajstić information content (AvgIpc) is 2.76. The molecule has 0 amide bonds. The summed E-state index contributed by atoms with van der Waals surface area (Å²) in [7, 11) is 0. The number of hydrogen-bond donors (Lipinski definition) is 2. The topological polar surface area (TPSA) is 81.6 Å². The highest BCUT2D eigenvalue weighted by atomic mass is 15.4. The van der Waals surface area contributed by atoms with Gasteiger partial charge >= 0.3 is 0 Å². The summed E-state index contributed by atoms with van der Waals surface area (Å²) >= 11 is 0. The highest BCUT2D eigenvalue weighted by Gasteiger charge is 2.00. The molecular formula is C10H14N6. The Labute approximate surface area is 93.5 Å². The van der Waals surface area contributed by atoms with Gasteiger partial charge in [0.25, 0.3) is 0 Å². The van der Waals surface area contributed by atoms with Crippen molar-refractivity contribution in [3.63, 3.8) is 0 Å². The molecule has 2 heterocycles. The molecule has 2 aromatic heterocycles. The Balaban J connectivity index is 1.92. The van der Waals surface area contributed by atoms with Gasteiger partial charge < -0.3 is 11.1 Å². The lowest BCUT2D eigenvalue weighted by molar-refractivity contribution is 0.608. The fourth-order valence-electron chi connectivity index (χ4n) is 1.35. The van der Waals surface area contributed by atoms with E-state index >= 15 is 0 Å². The maximum absolute atomic E-state index is 5.79. The zero-order valence-corrected chi connectivity index (χ0v) is 9.09. The van der Waals surface area contributed by atoms with Crippen molar-refractivity contribution in [2.75, 3.05) is 17.6 Å². The fourth-order valence-corrected chi connectivity index (χ4v) is 1.35. The molecule has 16 heavy (non-hydrogen) atoms. The maximum atomic E-state index is 5.79. The summed E-state index contributed by atoms with van der Waals surface area (Å²) in [5.74, 6) is 0.722. The lowest BCUT2D eigenvalue weighted by Gasteiger charge is -2.08. The number of aryl methyl sites for hydroxylation is 1. The van der Waals surface area contributed by atoms with Crippen molar-refractivity contribution in [2.45, 2.75) is 13.5 Å². The quantitative estimate of drug-likeness (QED) is 0.788. The smallest absolute Gasteiger partial charge is 0.149 e. The van der Waals surface area contributed by atoms with Gasteiger partial charge in [-0.15, -0.1) is 5.10 Å². The Bertz CT molecular complexity index is 450. The predicted molar refractivity (Wildman–Crippen MR) is 61.9 cm³/mol. The number of aromatic nitrogens is 4. The van der Waals surface area contributed by atoms with Crippen LogP contribution in [0, 0.1) is 6.92 Å². The van der Waals surface area contributed by atoms with Gasteiger partial charge in [-0.1, -0.05) is 5.21 Å². The number of rotatable bonds is 4. The van der Waals surface area contributed by atoms with E-state index in [2.05, 4.69) is 20.6 Å². The number of nitrogens with one attached hydrogen (secondary N) is 1. The Morgan fingerprint density at radius 3 is 3.06 bits per heavy atom. The van der Waals surface area contributed by atoms with Crippen LogP contribution in [0.5, 0.6) is 0 Å². The summed E-state index contributed by atoms with van der Waals surface area (Å²) < 4.78 is 1.75. The molecule has 6 nitrogen and oxygen atoms in total. The van der Waals surface area contributed by atoms with E-state index in [0.29, 0.717) is 12.2 Å². The minimum atomic E-state index is 0.657. The molecule has 0 fully saturated rings. The molecule has 0 unspecified atom stereocenters. The van der Waals surface area contributed by atoms with Crippen LogP contribution in [0.3, 0.4) is 0 Å². The Hall–Kier alpha value is -2.11. The SMILES string of the molecule is Cc1ccc(N)c(NCCn2ccnn2)n1. The van der Waals surface area contributed by atoms with Gasteiger partial charge in [0.2, 0.25) is 0 Å². The third-order valence-corrected chi connectivity index (χ3v) is 2.17. The number of nitrogens with two attached hydrogens (primary N) is 1. The molecule has 0 aliphatic carbocycles. The standard InChI is InChI=1S/C10H14N6/c1-8-2-3-9(11)10(14-8)12-4-6-16-7-5-13-15-16/h2-3,5,7H,4,6,11H2,1H3,(H,12,14). The predicted octanol–water partition coefficient (Wildman–Crippen LogP) is 0.676. The first kappa shape index (κ1) is 10.4. The first-order valence-electron chi connectivity index (χ1n) is 5.07. The molecule has 0 saturated heterocycles. The summed E-state index contributed by atoms with van der Waals surface area (Å²) in [6.45, 7) is 3.38. The van der Waals surface area contributed by atoms with E-state index in [0.717, 1.165) is 18.1 Å². The van der Waals surface area contributed by atoms with Crippen LogP contribution >= 0.6 is 0 Å². The maximum Gasteiger partial charge on any atom is 0.149 e. The van der Waals surface area contributed by atoms with Crippen LogP contribution in [0.15, 0.2) is 24.5 Å². The second-order valence-corrected chi connectivity index (χ2v) is 3.48. The lowest BCUT2D eigenvalue weighted by Crippen LogP contribution is -2.13. The Morgan fingerprint density at radius 1 is 1.44 bits per heavy atom. The lowest BCUT2D eigenvalue weighted by atomic mass is 10.3. The molecule has 0 aliphatic heterocycles.